The number of nitrogens with zero attached hydrogens (tertiary/aromatic N) is 1. The molecule has 2 heteroatoms. The third-order valence-electron chi connectivity index (χ3n) is 5.57. The Balaban J connectivity index is 1.74. The van der Waals surface area contributed by atoms with Crippen LogP contribution in [0.25, 0.3) is 0 Å². The zero-order chi connectivity index (χ0) is 16.8. The molecular weight excluding hydrogens is 294 g/mol. The molecular formula is C22H29NO. The Morgan fingerprint density at radius 2 is 1.42 bits per heavy atom. The molecule has 128 valence electrons. The highest BCUT2D eigenvalue weighted by Gasteiger charge is 2.32. The van der Waals surface area contributed by atoms with Crippen LogP contribution in [0, 0.1) is 5.92 Å². The van der Waals surface area contributed by atoms with Crippen molar-refractivity contribution in [3.8, 4) is 0 Å². The van der Waals surface area contributed by atoms with E-state index in [0.717, 1.165) is 36.4 Å². The lowest BCUT2D eigenvalue weighted by atomic mass is 9.79. The van der Waals surface area contributed by atoms with Crippen LogP contribution in [-0.4, -0.2) is 29.6 Å². The van der Waals surface area contributed by atoms with Crippen LogP contribution in [0.15, 0.2) is 60.7 Å². The Hall–Kier alpha value is -1.64. The molecule has 0 radical (unpaired) electrons. The molecule has 0 unspecified atom stereocenters. The largest absolute Gasteiger partial charge is 0.380 e. The van der Waals surface area contributed by atoms with E-state index < -0.39 is 5.60 Å². The molecule has 1 saturated heterocycles. The maximum atomic E-state index is 11.6. The Bertz CT molecular complexity index is 563. The average Bonchev–Trinajstić information content (AvgIpc) is 2.68. The monoisotopic (exact) mass is 323 g/mol. The Kier molecular flexibility index (Phi) is 5.70. The van der Waals surface area contributed by atoms with Crippen molar-refractivity contribution in [3.63, 3.8) is 0 Å². The van der Waals surface area contributed by atoms with E-state index in [1.807, 2.05) is 60.7 Å². The topological polar surface area (TPSA) is 23.5 Å². The van der Waals surface area contributed by atoms with Crippen LogP contribution in [-0.2, 0) is 5.60 Å². The predicted molar refractivity (Wildman–Crippen MR) is 100.0 cm³/mol. The Labute approximate surface area is 146 Å². The fraction of sp³-hybridized carbons (Fsp3) is 0.455. The van der Waals surface area contributed by atoms with Gasteiger partial charge in [0.15, 0.2) is 0 Å². The quantitative estimate of drug-likeness (QED) is 0.850. The number of hydrogen-bond donors (Lipinski definition) is 1. The normalized spacial score (nSPS) is 17.1. The molecule has 1 aliphatic heterocycles. The van der Waals surface area contributed by atoms with Crippen molar-refractivity contribution in [3.05, 3.63) is 71.8 Å². The van der Waals surface area contributed by atoms with E-state index in [0.29, 0.717) is 0 Å². The summed E-state index contributed by atoms with van der Waals surface area (Å²) in [5.74, 6) is 0.728. The molecule has 0 bridgehead atoms. The molecule has 2 nitrogen and oxygen atoms in total. The van der Waals surface area contributed by atoms with Crippen LogP contribution in [0.1, 0.15) is 43.7 Å². The van der Waals surface area contributed by atoms with Crippen LogP contribution in [0.5, 0.6) is 0 Å². The number of benzene rings is 2. The molecule has 3 rings (SSSR count). The summed E-state index contributed by atoms with van der Waals surface area (Å²) < 4.78 is 0. The fourth-order valence-electron chi connectivity index (χ4n) is 3.89. The van der Waals surface area contributed by atoms with E-state index in [-0.39, 0.29) is 0 Å². The van der Waals surface area contributed by atoms with E-state index in [2.05, 4.69) is 11.8 Å². The Morgan fingerprint density at radius 1 is 0.917 bits per heavy atom. The lowest BCUT2D eigenvalue weighted by Gasteiger charge is -2.34. The maximum absolute atomic E-state index is 11.6. The molecule has 0 amide bonds. The predicted octanol–water partition coefficient (Wildman–Crippen LogP) is 4.43. The summed E-state index contributed by atoms with van der Waals surface area (Å²) in [7, 11) is 0. The second-order valence-electron chi connectivity index (χ2n) is 7.01. The molecule has 1 heterocycles. The van der Waals surface area contributed by atoms with Gasteiger partial charge in [-0.1, -0.05) is 67.6 Å². The summed E-state index contributed by atoms with van der Waals surface area (Å²) in [4.78, 5) is 2.52. The van der Waals surface area contributed by atoms with E-state index >= 15 is 0 Å². The van der Waals surface area contributed by atoms with E-state index in [1.165, 1.54) is 25.9 Å². The summed E-state index contributed by atoms with van der Waals surface area (Å²) in [6.07, 6.45) is 4.39. The average molecular weight is 323 g/mol. The van der Waals surface area contributed by atoms with Gasteiger partial charge in [0, 0.05) is 0 Å². The molecule has 1 aliphatic rings. The van der Waals surface area contributed by atoms with Crippen LogP contribution in [0.2, 0.25) is 0 Å². The first-order valence-electron chi connectivity index (χ1n) is 9.28. The smallest absolute Gasteiger partial charge is 0.115 e. The van der Waals surface area contributed by atoms with Crippen molar-refractivity contribution in [1.29, 1.82) is 0 Å². The van der Waals surface area contributed by atoms with Gasteiger partial charge in [-0.3, -0.25) is 0 Å². The molecule has 24 heavy (non-hydrogen) atoms. The second-order valence-corrected chi connectivity index (χ2v) is 7.01. The van der Waals surface area contributed by atoms with E-state index in [1.54, 1.807) is 0 Å². The van der Waals surface area contributed by atoms with Gasteiger partial charge in [-0.15, -0.1) is 0 Å². The van der Waals surface area contributed by atoms with E-state index in [4.69, 9.17) is 0 Å². The van der Waals surface area contributed by atoms with Crippen LogP contribution in [0.3, 0.4) is 0 Å². The molecule has 0 aliphatic carbocycles. The minimum absolute atomic E-state index is 0.728. The zero-order valence-electron chi connectivity index (χ0n) is 14.7. The first-order valence-corrected chi connectivity index (χ1v) is 9.28. The number of piperidine rings is 1. The van der Waals surface area contributed by atoms with Crippen LogP contribution < -0.4 is 0 Å². The summed E-state index contributed by atoms with van der Waals surface area (Å²) in [6, 6.07) is 20.3. The van der Waals surface area contributed by atoms with Gasteiger partial charge in [-0.2, -0.15) is 0 Å². The minimum atomic E-state index is -0.885. The number of likely N-dealkylation sites (tertiary alicyclic amines) is 1. The van der Waals surface area contributed by atoms with Gasteiger partial charge in [0.1, 0.15) is 5.60 Å². The van der Waals surface area contributed by atoms with Gasteiger partial charge in [0.05, 0.1) is 0 Å². The number of aliphatic hydroxyl groups is 1. The van der Waals surface area contributed by atoms with Crippen molar-refractivity contribution in [1.82, 2.24) is 4.90 Å². The van der Waals surface area contributed by atoms with Crippen molar-refractivity contribution in [2.75, 3.05) is 19.6 Å². The SMILES string of the molecule is CCN1CCC(CCC(O)(c2ccccc2)c2ccccc2)CC1. The second kappa shape index (κ2) is 7.96. The van der Waals surface area contributed by atoms with Crippen molar-refractivity contribution < 1.29 is 5.11 Å². The zero-order valence-corrected chi connectivity index (χ0v) is 14.7. The number of rotatable bonds is 6. The van der Waals surface area contributed by atoms with Gasteiger partial charge in [0.25, 0.3) is 0 Å². The van der Waals surface area contributed by atoms with Crippen molar-refractivity contribution >= 4 is 0 Å². The fourth-order valence-corrected chi connectivity index (χ4v) is 3.89. The molecule has 0 aromatic heterocycles. The molecule has 1 fully saturated rings. The van der Waals surface area contributed by atoms with Gasteiger partial charge in [-0.25, -0.2) is 0 Å². The molecule has 1 N–H and O–H groups in total. The summed E-state index contributed by atoms with van der Waals surface area (Å²) >= 11 is 0. The first-order chi connectivity index (χ1) is 11.7. The maximum Gasteiger partial charge on any atom is 0.115 e. The molecule has 2 aromatic rings. The highest BCUT2D eigenvalue weighted by molar-refractivity contribution is 5.35. The van der Waals surface area contributed by atoms with E-state index in [9.17, 15) is 5.11 Å². The summed E-state index contributed by atoms with van der Waals surface area (Å²) in [5.41, 5.74) is 1.12. The summed E-state index contributed by atoms with van der Waals surface area (Å²) in [5, 5.41) is 11.6. The summed E-state index contributed by atoms with van der Waals surface area (Å²) in [6.45, 7) is 5.81. The van der Waals surface area contributed by atoms with Gasteiger partial charge in [0.2, 0.25) is 0 Å². The third kappa shape index (κ3) is 3.88. The van der Waals surface area contributed by atoms with Crippen LogP contribution >= 0.6 is 0 Å². The van der Waals surface area contributed by atoms with Gasteiger partial charge >= 0.3 is 0 Å². The van der Waals surface area contributed by atoms with Gasteiger partial charge in [-0.05, 0) is 62.4 Å². The van der Waals surface area contributed by atoms with Crippen LogP contribution in [0.4, 0.5) is 0 Å². The van der Waals surface area contributed by atoms with Crippen molar-refractivity contribution in [2.24, 2.45) is 5.92 Å². The lowest BCUT2D eigenvalue weighted by molar-refractivity contribution is 0.0577. The first kappa shape index (κ1) is 17.2. The molecule has 0 spiro atoms. The van der Waals surface area contributed by atoms with Crippen molar-refractivity contribution in [2.45, 2.75) is 38.2 Å². The lowest BCUT2D eigenvalue weighted by Crippen LogP contribution is -2.34. The molecule has 0 saturated carbocycles. The Morgan fingerprint density at radius 3 is 1.88 bits per heavy atom. The molecule has 2 aromatic carbocycles. The highest BCUT2D eigenvalue weighted by atomic mass is 16.3. The highest BCUT2D eigenvalue weighted by Crippen LogP contribution is 2.36. The van der Waals surface area contributed by atoms with Gasteiger partial charge < -0.3 is 10.0 Å². The molecule has 0 atom stereocenters. The minimum Gasteiger partial charge on any atom is -0.380 e. The standard InChI is InChI=1S/C22H29NO/c1-2-23-17-14-19(15-18-23)13-16-22(24,20-9-5-3-6-10-20)21-11-7-4-8-12-21/h3-12,19,24H,2,13-18H2,1H3. The third-order valence-corrected chi connectivity index (χ3v) is 5.57. The number of hydrogen-bond acceptors (Lipinski definition) is 2.